The maximum absolute atomic E-state index is 12.2. The fourth-order valence-electron chi connectivity index (χ4n) is 2.41. The van der Waals surface area contributed by atoms with E-state index in [1.807, 2.05) is 12.3 Å². The summed E-state index contributed by atoms with van der Waals surface area (Å²) in [5.41, 5.74) is 2.03. The minimum absolute atomic E-state index is 0.111. The van der Waals surface area contributed by atoms with Gasteiger partial charge in [0.2, 0.25) is 5.82 Å². The lowest BCUT2D eigenvalue weighted by Crippen LogP contribution is -2.06. The lowest BCUT2D eigenvalue weighted by Gasteiger charge is -2.04. The molecule has 0 atom stereocenters. The molecule has 27 heavy (non-hydrogen) atoms. The van der Waals surface area contributed by atoms with Crippen LogP contribution >= 0.6 is 11.6 Å². The van der Waals surface area contributed by atoms with Crippen LogP contribution in [-0.4, -0.2) is 25.9 Å². The average Bonchev–Trinajstić information content (AvgIpc) is 3.39. The molecule has 2 heterocycles. The van der Waals surface area contributed by atoms with E-state index in [-0.39, 0.29) is 12.5 Å². The molecular weight excluding hydrogens is 368 g/mol. The van der Waals surface area contributed by atoms with Crippen LogP contribution in [0.3, 0.4) is 0 Å². The van der Waals surface area contributed by atoms with Crippen molar-refractivity contribution in [3.05, 3.63) is 83.5 Å². The Morgan fingerprint density at radius 1 is 1.11 bits per heavy atom. The topological polar surface area (TPSA) is 83.0 Å². The lowest BCUT2D eigenvalue weighted by atomic mass is 10.2. The van der Waals surface area contributed by atoms with Gasteiger partial charge in [-0.05, 0) is 54.6 Å². The van der Waals surface area contributed by atoms with E-state index in [2.05, 4.69) is 15.2 Å². The largest absolute Gasteiger partial charge is 0.452 e. The Bertz CT molecular complexity index is 1040. The van der Waals surface area contributed by atoms with Gasteiger partial charge in [0, 0.05) is 23.0 Å². The van der Waals surface area contributed by atoms with Crippen LogP contribution in [-0.2, 0) is 11.3 Å². The Morgan fingerprint density at radius 3 is 2.59 bits per heavy atom. The number of halogens is 1. The molecule has 0 saturated heterocycles. The fourth-order valence-corrected chi connectivity index (χ4v) is 2.54. The molecule has 0 N–H and O–H groups in total. The Labute approximate surface area is 159 Å². The number of benzene rings is 2. The molecule has 0 aliphatic heterocycles. The molecule has 4 rings (SSSR count). The van der Waals surface area contributed by atoms with Crippen LogP contribution in [0, 0.1) is 0 Å². The number of nitrogens with zero attached hydrogens (tertiary/aromatic N) is 4. The van der Waals surface area contributed by atoms with Crippen molar-refractivity contribution in [2.45, 2.75) is 6.61 Å². The number of rotatable bonds is 5. The van der Waals surface area contributed by atoms with Crippen molar-refractivity contribution in [2.75, 3.05) is 0 Å². The van der Waals surface area contributed by atoms with Gasteiger partial charge in [0.15, 0.2) is 6.61 Å². The molecule has 0 unspecified atom stereocenters. The molecule has 134 valence electrons. The molecule has 4 aromatic rings. The maximum atomic E-state index is 12.2. The molecule has 0 radical (unpaired) electrons. The third-order valence-corrected chi connectivity index (χ3v) is 4.02. The summed E-state index contributed by atoms with van der Waals surface area (Å²) in [4.78, 5) is 16.4. The molecule has 0 saturated carbocycles. The van der Waals surface area contributed by atoms with Gasteiger partial charge in [0.1, 0.15) is 0 Å². The molecule has 0 aliphatic carbocycles. The number of ether oxygens (including phenoxy) is 1. The third-order valence-electron chi connectivity index (χ3n) is 3.77. The Hall–Kier alpha value is -3.45. The molecule has 7 nitrogen and oxygen atoms in total. The van der Waals surface area contributed by atoms with Gasteiger partial charge in [-0.1, -0.05) is 16.8 Å². The average molecular weight is 381 g/mol. The van der Waals surface area contributed by atoms with E-state index in [1.165, 1.54) is 0 Å². The summed E-state index contributed by atoms with van der Waals surface area (Å²) in [5.74, 6) is 0.135. The predicted molar refractivity (Wildman–Crippen MR) is 97.4 cm³/mol. The first-order chi connectivity index (χ1) is 13.2. The van der Waals surface area contributed by atoms with E-state index in [0.29, 0.717) is 16.4 Å². The zero-order valence-electron chi connectivity index (χ0n) is 13.9. The van der Waals surface area contributed by atoms with Crippen molar-refractivity contribution in [1.82, 2.24) is 19.9 Å². The number of esters is 1. The first-order valence-corrected chi connectivity index (χ1v) is 8.42. The van der Waals surface area contributed by atoms with Crippen molar-refractivity contribution in [1.29, 1.82) is 0 Å². The van der Waals surface area contributed by atoms with E-state index in [0.717, 1.165) is 11.3 Å². The Kier molecular flexibility index (Phi) is 4.67. The molecule has 0 bridgehead atoms. The van der Waals surface area contributed by atoms with E-state index in [4.69, 9.17) is 20.9 Å². The fraction of sp³-hybridized carbons (Fsp3) is 0.0526. The standard InChI is InChI=1S/C19H13ClN4O3/c20-15-6-2-13(3-7-15)18-22-17(27-23-18)12-26-19(25)14-4-8-16(9-5-14)24-11-1-10-21-24/h1-11H,12H2. The predicted octanol–water partition coefficient (Wildman–Crippen LogP) is 3.93. The molecule has 0 aliphatic rings. The lowest BCUT2D eigenvalue weighted by molar-refractivity contribution is 0.0430. The molecule has 8 heteroatoms. The minimum atomic E-state index is -0.478. The molecule has 2 aromatic carbocycles. The van der Waals surface area contributed by atoms with Gasteiger partial charge in [-0.2, -0.15) is 10.1 Å². The third kappa shape index (κ3) is 3.88. The Morgan fingerprint density at radius 2 is 1.89 bits per heavy atom. The highest BCUT2D eigenvalue weighted by atomic mass is 35.5. The molecule has 0 fully saturated rings. The molecule has 2 aromatic heterocycles. The summed E-state index contributed by atoms with van der Waals surface area (Å²) in [5, 5.41) is 8.63. The molecule has 0 amide bonds. The van der Waals surface area contributed by atoms with Crippen LogP contribution in [0.15, 0.2) is 71.5 Å². The SMILES string of the molecule is O=C(OCc1nc(-c2ccc(Cl)cc2)no1)c1ccc(-n2cccn2)cc1. The minimum Gasteiger partial charge on any atom is -0.452 e. The second-order valence-electron chi connectivity index (χ2n) is 5.59. The number of hydrogen-bond donors (Lipinski definition) is 0. The van der Waals surface area contributed by atoms with Gasteiger partial charge in [-0.15, -0.1) is 0 Å². The van der Waals surface area contributed by atoms with E-state index < -0.39 is 5.97 Å². The highest BCUT2D eigenvalue weighted by Crippen LogP contribution is 2.19. The number of carbonyl (C=O) groups is 1. The van der Waals surface area contributed by atoms with Crippen molar-refractivity contribution in [2.24, 2.45) is 0 Å². The zero-order valence-corrected chi connectivity index (χ0v) is 14.7. The van der Waals surface area contributed by atoms with Gasteiger partial charge in [0.05, 0.1) is 11.3 Å². The first kappa shape index (κ1) is 17.0. The number of hydrogen-bond acceptors (Lipinski definition) is 6. The summed E-state index contributed by atoms with van der Waals surface area (Å²) in [6.07, 6.45) is 3.51. The zero-order chi connectivity index (χ0) is 18.6. The molecule has 0 spiro atoms. The summed E-state index contributed by atoms with van der Waals surface area (Å²) in [6.45, 7) is -0.111. The normalized spacial score (nSPS) is 10.7. The van der Waals surface area contributed by atoms with Crippen LogP contribution in [0.25, 0.3) is 17.1 Å². The molecular formula is C19H13ClN4O3. The maximum Gasteiger partial charge on any atom is 0.338 e. The van der Waals surface area contributed by atoms with E-state index in [1.54, 1.807) is 59.4 Å². The summed E-state index contributed by atoms with van der Waals surface area (Å²) in [7, 11) is 0. The second-order valence-corrected chi connectivity index (χ2v) is 6.03. The van der Waals surface area contributed by atoms with Gasteiger partial charge in [0.25, 0.3) is 5.89 Å². The van der Waals surface area contributed by atoms with E-state index in [9.17, 15) is 4.79 Å². The van der Waals surface area contributed by atoms with Crippen LogP contribution in [0.5, 0.6) is 0 Å². The van der Waals surface area contributed by atoms with E-state index >= 15 is 0 Å². The summed E-state index contributed by atoms with van der Waals surface area (Å²) < 4.78 is 12.1. The first-order valence-electron chi connectivity index (χ1n) is 8.05. The van der Waals surface area contributed by atoms with Crippen LogP contribution < -0.4 is 0 Å². The quantitative estimate of drug-likeness (QED) is 0.488. The second kappa shape index (κ2) is 7.43. The number of carbonyl (C=O) groups excluding carboxylic acids is 1. The number of aromatic nitrogens is 4. The highest BCUT2D eigenvalue weighted by molar-refractivity contribution is 6.30. The summed E-state index contributed by atoms with van der Waals surface area (Å²) >= 11 is 5.86. The smallest absolute Gasteiger partial charge is 0.338 e. The van der Waals surface area contributed by atoms with Gasteiger partial charge in [-0.3, -0.25) is 0 Å². The highest BCUT2D eigenvalue weighted by Gasteiger charge is 2.13. The van der Waals surface area contributed by atoms with Crippen LogP contribution in [0.1, 0.15) is 16.2 Å². The van der Waals surface area contributed by atoms with Crippen LogP contribution in [0.4, 0.5) is 0 Å². The Balaban J connectivity index is 1.38. The van der Waals surface area contributed by atoms with Gasteiger partial charge < -0.3 is 9.26 Å². The van der Waals surface area contributed by atoms with Gasteiger partial charge in [-0.25, -0.2) is 9.48 Å². The van der Waals surface area contributed by atoms with Crippen molar-refractivity contribution >= 4 is 17.6 Å². The summed E-state index contributed by atoms with van der Waals surface area (Å²) in [6, 6.07) is 15.8. The van der Waals surface area contributed by atoms with Gasteiger partial charge >= 0.3 is 5.97 Å². The van der Waals surface area contributed by atoms with Crippen molar-refractivity contribution in [3.8, 4) is 17.1 Å². The monoisotopic (exact) mass is 380 g/mol. The van der Waals surface area contributed by atoms with Crippen molar-refractivity contribution in [3.63, 3.8) is 0 Å². The van der Waals surface area contributed by atoms with Crippen molar-refractivity contribution < 1.29 is 14.1 Å². The van der Waals surface area contributed by atoms with Crippen LogP contribution in [0.2, 0.25) is 5.02 Å².